The lowest BCUT2D eigenvalue weighted by atomic mass is 9.97. The molecular formula is C25H29N9. The van der Waals surface area contributed by atoms with Gasteiger partial charge in [-0.15, -0.1) is 22.5 Å². The van der Waals surface area contributed by atoms with Crippen LogP contribution >= 0.6 is 0 Å². The van der Waals surface area contributed by atoms with Gasteiger partial charge >= 0.3 is 0 Å². The number of hydrogen-bond donors (Lipinski definition) is 3. The summed E-state index contributed by atoms with van der Waals surface area (Å²) >= 11 is 0. The van der Waals surface area contributed by atoms with Crippen LogP contribution in [0.15, 0.2) is 36.8 Å². The lowest BCUT2D eigenvalue weighted by molar-refractivity contribution is 0.442. The van der Waals surface area contributed by atoms with Crippen molar-refractivity contribution in [2.45, 2.75) is 40.7 Å². The molecule has 9 heteroatoms. The SMILES string of the molecule is C#CCCn1cnnc1-c1ccc(Nc2nc(C)c3ccnc(NCC(C)(C)C)c3n2)c(N)c1. The number of rotatable bonds is 7. The van der Waals surface area contributed by atoms with Crippen LogP contribution in [-0.4, -0.2) is 36.3 Å². The van der Waals surface area contributed by atoms with Crippen molar-refractivity contribution in [3.63, 3.8) is 0 Å². The van der Waals surface area contributed by atoms with E-state index in [9.17, 15) is 0 Å². The fourth-order valence-corrected chi connectivity index (χ4v) is 3.51. The summed E-state index contributed by atoms with van der Waals surface area (Å²) < 4.78 is 1.91. The van der Waals surface area contributed by atoms with Gasteiger partial charge in [0, 0.05) is 36.7 Å². The summed E-state index contributed by atoms with van der Waals surface area (Å²) in [5.74, 6) is 4.53. The maximum Gasteiger partial charge on any atom is 0.228 e. The molecule has 0 amide bonds. The standard InChI is InChI=1S/C25H29N9/c1-6-7-12-34-15-29-33-23(34)17-8-9-20(19(26)13-17)31-24-30-16(2)18-10-11-27-22(21(18)32-24)28-14-25(3,4)5/h1,8-11,13,15H,7,12,14,26H2,2-5H3,(H,27,28)(H,30,31,32). The summed E-state index contributed by atoms with van der Waals surface area (Å²) in [6.45, 7) is 9.87. The van der Waals surface area contributed by atoms with Crippen LogP contribution in [0.1, 0.15) is 32.9 Å². The van der Waals surface area contributed by atoms with Crippen LogP contribution in [0.4, 0.5) is 23.1 Å². The Hall–Kier alpha value is -4.19. The van der Waals surface area contributed by atoms with Gasteiger partial charge in [0.05, 0.1) is 17.1 Å². The summed E-state index contributed by atoms with van der Waals surface area (Å²) in [5, 5.41) is 15.8. The minimum Gasteiger partial charge on any atom is -0.397 e. The van der Waals surface area contributed by atoms with E-state index in [2.05, 4.69) is 57.5 Å². The molecule has 0 aliphatic heterocycles. The molecule has 0 radical (unpaired) electrons. The number of fused-ring (bicyclic) bond motifs is 1. The molecule has 0 bridgehead atoms. The average molecular weight is 456 g/mol. The highest BCUT2D eigenvalue weighted by Gasteiger charge is 2.15. The third-order valence-corrected chi connectivity index (χ3v) is 5.26. The van der Waals surface area contributed by atoms with Crippen LogP contribution in [0.25, 0.3) is 22.3 Å². The molecule has 0 aliphatic rings. The number of pyridine rings is 1. The van der Waals surface area contributed by atoms with E-state index in [4.69, 9.17) is 17.1 Å². The number of nitrogens with two attached hydrogens (primary N) is 1. The van der Waals surface area contributed by atoms with E-state index >= 15 is 0 Å². The summed E-state index contributed by atoms with van der Waals surface area (Å²) in [4.78, 5) is 13.9. The molecule has 0 saturated carbocycles. The first-order valence-corrected chi connectivity index (χ1v) is 11.1. The van der Waals surface area contributed by atoms with Crippen molar-refractivity contribution in [1.82, 2.24) is 29.7 Å². The van der Waals surface area contributed by atoms with Crippen molar-refractivity contribution in [2.75, 3.05) is 22.9 Å². The predicted octanol–water partition coefficient (Wildman–Crippen LogP) is 4.40. The molecule has 3 heterocycles. The Morgan fingerprint density at radius 1 is 1.18 bits per heavy atom. The van der Waals surface area contributed by atoms with Gasteiger partial charge in [0.15, 0.2) is 11.6 Å². The molecule has 174 valence electrons. The molecule has 0 fully saturated rings. The highest BCUT2D eigenvalue weighted by atomic mass is 15.3. The van der Waals surface area contributed by atoms with Gasteiger partial charge in [-0.3, -0.25) is 0 Å². The summed E-state index contributed by atoms with van der Waals surface area (Å²) in [5.41, 5.74) is 10.2. The molecule has 0 unspecified atom stereocenters. The van der Waals surface area contributed by atoms with Gasteiger partial charge in [-0.2, -0.15) is 0 Å². The quantitative estimate of drug-likeness (QED) is 0.277. The number of anilines is 4. The Morgan fingerprint density at radius 2 is 2.00 bits per heavy atom. The highest BCUT2D eigenvalue weighted by Crippen LogP contribution is 2.29. The first-order chi connectivity index (χ1) is 16.2. The number of nitrogen functional groups attached to an aromatic ring is 1. The van der Waals surface area contributed by atoms with Crippen molar-refractivity contribution in [3.8, 4) is 23.7 Å². The van der Waals surface area contributed by atoms with Gasteiger partial charge in [0.1, 0.15) is 11.8 Å². The lowest BCUT2D eigenvalue weighted by Crippen LogP contribution is -2.20. The Labute approximate surface area is 199 Å². The van der Waals surface area contributed by atoms with E-state index in [1.807, 2.05) is 35.8 Å². The second-order valence-corrected chi connectivity index (χ2v) is 9.33. The van der Waals surface area contributed by atoms with Crippen LogP contribution in [0.3, 0.4) is 0 Å². The number of benzene rings is 1. The predicted molar refractivity (Wildman–Crippen MR) is 137 cm³/mol. The van der Waals surface area contributed by atoms with Crippen LogP contribution in [0.5, 0.6) is 0 Å². The van der Waals surface area contributed by atoms with Crippen LogP contribution in [-0.2, 0) is 6.54 Å². The Bertz CT molecular complexity index is 1360. The molecule has 0 aliphatic carbocycles. The fourth-order valence-electron chi connectivity index (χ4n) is 3.51. The van der Waals surface area contributed by atoms with E-state index in [1.54, 1.807) is 12.5 Å². The van der Waals surface area contributed by atoms with E-state index < -0.39 is 0 Å². The minimum atomic E-state index is 0.105. The number of terminal acetylenes is 1. The number of aryl methyl sites for hydroxylation is 2. The Balaban J connectivity index is 1.62. The number of nitrogens with one attached hydrogen (secondary N) is 2. The zero-order valence-corrected chi connectivity index (χ0v) is 19.9. The van der Waals surface area contributed by atoms with Gasteiger partial charge in [0.2, 0.25) is 5.95 Å². The third-order valence-electron chi connectivity index (χ3n) is 5.26. The molecular weight excluding hydrogens is 426 g/mol. The monoisotopic (exact) mass is 455 g/mol. The van der Waals surface area contributed by atoms with Crippen LogP contribution in [0.2, 0.25) is 0 Å². The highest BCUT2D eigenvalue weighted by molar-refractivity contribution is 5.91. The normalized spacial score (nSPS) is 11.4. The maximum atomic E-state index is 6.37. The topological polar surface area (TPSA) is 119 Å². The molecule has 3 aromatic heterocycles. The largest absolute Gasteiger partial charge is 0.397 e. The van der Waals surface area contributed by atoms with Crippen LogP contribution in [0, 0.1) is 24.7 Å². The Kier molecular flexibility index (Phi) is 6.32. The van der Waals surface area contributed by atoms with E-state index in [-0.39, 0.29) is 5.41 Å². The zero-order chi connectivity index (χ0) is 24.3. The van der Waals surface area contributed by atoms with Gasteiger partial charge < -0.3 is 20.9 Å². The molecule has 4 rings (SSSR count). The fraction of sp³-hybridized carbons (Fsp3) is 0.320. The average Bonchev–Trinajstić information content (AvgIpc) is 3.26. The first kappa shape index (κ1) is 23.0. The second-order valence-electron chi connectivity index (χ2n) is 9.33. The summed E-state index contributed by atoms with van der Waals surface area (Å²) in [6.07, 6.45) is 9.43. The number of aromatic nitrogens is 6. The van der Waals surface area contributed by atoms with Crippen molar-refractivity contribution in [1.29, 1.82) is 0 Å². The van der Waals surface area contributed by atoms with Gasteiger partial charge in [0.25, 0.3) is 0 Å². The van der Waals surface area contributed by atoms with Crippen molar-refractivity contribution >= 4 is 34.0 Å². The minimum absolute atomic E-state index is 0.105. The second kappa shape index (κ2) is 9.35. The van der Waals surface area contributed by atoms with E-state index in [0.29, 0.717) is 36.1 Å². The zero-order valence-electron chi connectivity index (χ0n) is 19.9. The van der Waals surface area contributed by atoms with Gasteiger partial charge in [-0.25, -0.2) is 15.0 Å². The molecule has 34 heavy (non-hydrogen) atoms. The van der Waals surface area contributed by atoms with Crippen molar-refractivity contribution < 1.29 is 0 Å². The summed E-state index contributed by atoms with van der Waals surface area (Å²) in [6, 6.07) is 7.59. The van der Waals surface area contributed by atoms with Crippen molar-refractivity contribution in [2.24, 2.45) is 5.41 Å². The van der Waals surface area contributed by atoms with E-state index in [0.717, 1.165) is 34.5 Å². The third kappa shape index (κ3) is 5.07. The Morgan fingerprint density at radius 3 is 2.74 bits per heavy atom. The summed E-state index contributed by atoms with van der Waals surface area (Å²) in [7, 11) is 0. The smallest absolute Gasteiger partial charge is 0.228 e. The molecule has 1 aromatic carbocycles. The lowest BCUT2D eigenvalue weighted by Gasteiger charge is -2.20. The maximum absolute atomic E-state index is 6.37. The van der Waals surface area contributed by atoms with Crippen molar-refractivity contribution in [3.05, 3.63) is 42.5 Å². The first-order valence-electron chi connectivity index (χ1n) is 11.1. The molecule has 0 saturated heterocycles. The number of hydrogen-bond acceptors (Lipinski definition) is 8. The number of nitrogens with zero attached hydrogens (tertiary/aromatic N) is 6. The van der Waals surface area contributed by atoms with Crippen LogP contribution < -0.4 is 16.4 Å². The molecule has 0 spiro atoms. The molecule has 4 aromatic rings. The molecule has 4 N–H and O–H groups in total. The molecule has 0 atom stereocenters. The van der Waals surface area contributed by atoms with Gasteiger partial charge in [-0.05, 0) is 36.6 Å². The van der Waals surface area contributed by atoms with E-state index in [1.165, 1.54) is 0 Å². The van der Waals surface area contributed by atoms with Gasteiger partial charge in [-0.1, -0.05) is 20.8 Å². The molecule has 9 nitrogen and oxygen atoms in total.